The quantitative estimate of drug-likeness (QED) is 0.767. The maximum Gasteiger partial charge on any atom is 0.294 e. The van der Waals surface area contributed by atoms with Gasteiger partial charge in [-0.1, -0.05) is 17.7 Å². The molecular weight excluding hydrogens is 268 g/mol. The molecule has 0 amide bonds. The van der Waals surface area contributed by atoms with Crippen molar-refractivity contribution in [1.29, 1.82) is 0 Å². The second kappa shape index (κ2) is 6.79. The second-order valence-corrected chi connectivity index (χ2v) is 5.98. The molecule has 106 valence electrons. The molecule has 0 aliphatic heterocycles. The minimum absolute atomic E-state index is 0.0666. The van der Waals surface area contributed by atoms with Crippen LogP contribution in [0.5, 0.6) is 0 Å². The Kier molecular flexibility index (Phi) is 5.65. The average Bonchev–Trinajstić information content (AvgIpc) is 2.33. The number of hydrogen-bond acceptors (Lipinski definition) is 4. The molecule has 0 saturated heterocycles. The number of carbonyl (C=O) groups is 1. The van der Waals surface area contributed by atoms with Crippen molar-refractivity contribution in [3.05, 3.63) is 29.8 Å². The number of rotatable bonds is 1. The fraction of sp³-hybridized carbons (Fsp3) is 0.462. The molecule has 1 aliphatic carbocycles. The minimum atomic E-state index is -4.02. The third kappa shape index (κ3) is 5.96. The Morgan fingerprint density at radius 2 is 1.58 bits per heavy atom. The molecule has 1 aromatic carbocycles. The normalized spacial score (nSPS) is 16.7. The summed E-state index contributed by atoms with van der Waals surface area (Å²) in [4.78, 5) is 10.4. The summed E-state index contributed by atoms with van der Waals surface area (Å²) in [6.45, 7) is 1.84. The molecule has 1 aliphatic rings. The van der Waals surface area contributed by atoms with Crippen LogP contribution >= 0.6 is 0 Å². The Labute approximate surface area is 113 Å². The second-order valence-electron chi connectivity index (χ2n) is 4.56. The fourth-order valence-electron chi connectivity index (χ4n) is 1.63. The van der Waals surface area contributed by atoms with E-state index in [1.165, 1.54) is 12.1 Å². The number of hydrogen-bond donors (Lipinski definition) is 2. The number of ketones is 1. The van der Waals surface area contributed by atoms with Gasteiger partial charge in [-0.15, -0.1) is 0 Å². The summed E-state index contributed by atoms with van der Waals surface area (Å²) in [6, 6.07) is 5.99. The fourth-order valence-corrected chi connectivity index (χ4v) is 2.11. The van der Waals surface area contributed by atoms with Crippen LogP contribution in [0.3, 0.4) is 0 Å². The summed E-state index contributed by atoms with van der Waals surface area (Å²) < 4.78 is 29.6. The van der Waals surface area contributed by atoms with Gasteiger partial charge in [0.05, 0.1) is 11.0 Å². The van der Waals surface area contributed by atoms with E-state index in [0.717, 1.165) is 5.56 Å². The van der Waals surface area contributed by atoms with Crippen molar-refractivity contribution in [3.8, 4) is 0 Å². The highest BCUT2D eigenvalue weighted by molar-refractivity contribution is 7.85. The van der Waals surface area contributed by atoms with Gasteiger partial charge in [-0.2, -0.15) is 8.42 Å². The highest BCUT2D eigenvalue weighted by Gasteiger charge is 2.15. The first-order chi connectivity index (χ1) is 8.79. The van der Waals surface area contributed by atoms with Gasteiger partial charge >= 0.3 is 0 Å². The van der Waals surface area contributed by atoms with Gasteiger partial charge in [-0.05, 0) is 31.9 Å². The first-order valence-electron chi connectivity index (χ1n) is 6.03. The zero-order valence-corrected chi connectivity index (χ0v) is 11.6. The lowest BCUT2D eigenvalue weighted by Gasteiger charge is -2.13. The molecule has 0 radical (unpaired) electrons. The lowest BCUT2D eigenvalue weighted by molar-refractivity contribution is -0.122. The van der Waals surface area contributed by atoms with Crippen molar-refractivity contribution in [1.82, 2.24) is 0 Å². The SMILES string of the molecule is Cc1ccc(S(=O)(=O)O)cc1.O=C1CCC(O)CC1. The van der Waals surface area contributed by atoms with E-state index in [-0.39, 0.29) is 11.0 Å². The molecular formula is C13H18O5S. The molecule has 1 saturated carbocycles. The summed E-state index contributed by atoms with van der Waals surface area (Å²) in [5.41, 5.74) is 0.956. The number of aliphatic hydroxyl groups is 1. The standard InChI is InChI=1S/C7H8O3S.C6H10O2/c1-6-2-4-7(5-3-6)11(8,9)10;7-5-1-2-6(8)4-3-5/h2-5H,1H3,(H,8,9,10);5,7H,1-4H2. The molecule has 2 N–H and O–H groups in total. The van der Waals surface area contributed by atoms with Crippen LogP contribution < -0.4 is 0 Å². The lowest BCUT2D eigenvalue weighted by Crippen LogP contribution is -2.17. The maximum absolute atomic E-state index is 10.5. The van der Waals surface area contributed by atoms with Crippen molar-refractivity contribution in [3.63, 3.8) is 0 Å². The van der Waals surface area contributed by atoms with Gasteiger partial charge in [0.15, 0.2) is 0 Å². The summed E-state index contributed by atoms with van der Waals surface area (Å²) >= 11 is 0. The summed E-state index contributed by atoms with van der Waals surface area (Å²) in [6.07, 6.45) is 2.33. The van der Waals surface area contributed by atoms with E-state index < -0.39 is 10.1 Å². The molecule has 2 rings (SSSR count). The number of aryl methyl sites for hydroxylation is 1. The van der Waals surface area contributed by atoms with Gasteiger partial charge in [-0.25, -0.2) is 0 Å². The van der Waals surface area contributed by atoms with Crippen molar-refractivity contribution < 1.29 is 22.9 Å². The lowest BCUT2D eigenvalue weighted by atomic mass is 9.97. The van der Waals surface area contributed by atoms with Crippen LogP contribution in [-0.2, 0) is 14.9 Å². The monoisotopic (exact) mass is 286 g/mol. The van der Waals surface area contributed by atoms with Gasteiger partial charge in [0, 0.05) is 12.8 Å². The topological polar surface area (TPSA) is 91.7 Å². The Hall–Kier alpha value is -1.24. The Bertz CT molecular complexity index is 508. The highest BCUT2D eigenvalue weighted by atomic mass is 32.2. The van der Waals surface area contributed by atoms with Crippen LogP contribution in [0.2, 0.25) is 0 Å². The Balaban J connectivity index is 0.000000200. The molecule has 0 spiro atoms. The van der Waals surface area contributed by atoms with E-state index in [4.69, 9.17) is 9.66 Å². The van der Waals surface area contributed by atoms with Crippen LogP contribution in [-0.4, -0.2) is 30.0 Å². The Morgan fingerprint density at radius 3 is 1.95 bits per heavy atom. The third-order valence-corrected chi connectivity index (χ3v) is 3.70. The summed E-state index contributed by atoms with van der Waals surface area (Å²) in [7, 11) is -4.02. The predicted molar refractivity (Wildman–Crippen MR) is 70.5 cm³/mol. The zero-order valence-electron chi connectivity index (χ0n) is 10.7. The molecule has 1 aromatic rings. The average molecular weight is 286 g/mol. The van der Waals surface area contributed by atoms with E-state index in [9.17, 15) is 13.2 Å². The number of carbonyl (C=O) groups excluding carboxylic acids is 1. The summed E-state index contributed by atoms with van der Waals surface area (Å²) in [5.74, 6) is 0.301. The third-order valence-electron chi connectivity index (χ3n) is 2.83. The molecule has 0 unspecified atom stereocenters. The van der Waals surface area contributed by atoms with E-state index in [2.05, 4.69) is 0 Å². The smallest absolute Gasteiger partial charge is 0.294 e. The van der Waals surface area contributed by atoms with Crippen LogP contribution in [0, 0.1) is 6.92 Å². The van der Waals surface area contributed by atoms with Crippen LogP contribution in [0.1, 0.15) is 31.2 Å². The number of aliphatic hydroxyl groups excluding tert-OH is 1. The first-order valence-corrected chi connectivity index (χ1v) is 7.47. The summed E-state index contributed by atoms with van der Waals surface area (Å²) in [5, 5.41) is 8.87. The molecule has 0 aromatic heterocycles. The van der Waals surface area contributed by atoms with Crippen LogP contribution in [0.25, 0.3) is 0 Å². The largest absolute Gasteiger partial charge is 0.393 e. The van der Waals surface area contributed by atoms with Crippen molar-refractivity contribution in [2.24, 2.45) is 0 Å². The molecule has 5 nitrogen and oxygen atoms in total. The molecule has 1 fully saturated rings. The zero-order chi connectivity index (χ0) is 14.5. The molecule has 0 heterocycles. The molecule has 6 heteroatoms. The molecule has 19 heavy (non-hydrogen) atoms. The van der Waals surface area contributed by atoms with E-state index in [1.54, 1.807) is 12.1 Å². The van der Waals surface area contributed by atoms with Gasteiger partial charge in [0.2, 0.25) is 0 Å². The maximum atomic E-state index is 10.5. The van der Waals surface area contributed by atoms with Crippen molar-refractivity contribution >= 4 is 15.9 Å². The minimum Gasteiger partial charge on any atom is -0.393 e. The predicted octanol–water partition coefficient (Wildman–Crippen LogP) is 1.73. The van der Waals surface area contributed by atoms with Crippen LogP contribution in [0.4, 0.5) is 0 Å². The highest BCUT2D eigenvalue weighted by Crippen LogP contribution is 2.13. The molecule has 0 bridgehead atoms. The molecule has 0 atom stereocenters. The van der Waals surface area contributed by atoms with Crippen LogP contribution in [0.15, 0.2) is 29.2 Å². The van der Waals surface area contributed by atoms with E-state index >= 15 is 0 Å². The number of Topliss-reactive ketones (excluding diaryl/α,β-unsaturated/α-hetero) is 1. The van der Waals surface area contributed by atoms with Gasteiger partial charge < -0.3 is 5.11 Å². The van der Waals surface area contributed by atoms with Crippen molar-refractivity contribution in [2.45, 2.75) is 43.6 Å². The van der Waals surface area contributed by atoms with E-state index in [1.807, 2.05) is 6.92 Å². The van der Waals surface area contributed by atoms with E-state index in [0.29, 0.717) is 31.5 Å². The Morgan fingerprint density at radius 1 is 1.11 bits per heavy atom. The van der Waals surface area contributed by atoms with Gasteiger partial charge in [0.1, 0.15) is 5.78 Å². The number of benzene rings is 1. The van der Waals surface area contributed by atoms with Gasteiger partial charge in [0.25, 0.3) is 10.1 Å². The van der Waals surface area contributed by atoms with Crippen molar-refractivity contribution in [2.75, 3.05) is 0 Å². The first kappa shape index (κ1) is 15.8. The van der Waals surface area contributed by atoms with Gasteiger partial charge in [-0.3, -0.25) is 9.35 Å².